The van der Waals surface area contributed by atoms with Gasteiger partial charge in [0.2, 0.25) is 0 Å². The molecule has 0 saturated carbocycles. The number of aromatic nitrogens is 2. The number of benzene rings is 2. The minimum atomic E-state index is -0.442. The topological polar surface area (TPSA) is 81.7 Å². The van der Waals surface area contributed by atoms with Crippen LogP contribution in [0.25, 0.3) is 10.8 Å². The third-order valence-corrected chi connectivity index (χ3v) is 6.64. The molecule has 2 aliphatic heterocycles. The largest absolute Gasteiger partial charge is 0.371 e. The summed E-state index contributed by atoms with van der Waals surface area (Å²) in [4.78, 5) is 36.4. The second-order valence-corrected chi connectivity index (χ2v) is 8.94. The fraction of sp³-hybridized carbons (Fsp3) is 0.360. The van der Waals surface area contributed by atoms with Crippen LogP contribution in [0, 0.1) is 0 Å². The lowest BCUT2D eigenvalue weighted by Gasteiger charge is -2.31. The first-order chi connectivity index (χ1) is 16.1. The Labute approximate surface area is 197 Å². The maximum absolute atomic E-state index is 13.3. The highest BCUT2D eigenvalue weighted by Gasteiger charge is 2.34. The van der Waals surface area contributed by atoms with E-state index < -0.39 is 11.8 Å². The van der Waals surface area contributed by atoms with Crippen molar-refractivity contribution in [1.29, 1.82) is 0 Å². The molecule has 0 aliphatic carbocycles. The van der Waals surface area contributed by atoms with Crippen LogP contribution in [0.2, 0.25) is 5.15 Å². The average Bonchev–Trinajstić information content (AvgIpc) is 3.20. The number of imidazole rings is 1. The molecular formula is C25H26ClN5O2. The number of nitrogens with one attached hydrogen (secondary N) is 1. The molecule has 3 heterocycles. The number of rotatable bonds is 6. The van der Waals surface area contributed by atoms with Crippen molar-refractivity contribution in [2.45, 2.75) is 45.4 Å². The van der Waals surface area contributed by atoms with E-state index in [0.29, 0.717) is 27.4 Å². The summed E-state index contributed by atoms with van der Waals surface area (Å²) < 4.78 is 0. The van der Waals surface area contributed by atoms with E-state index in [9.17, 15) is 9.59 Å². The summed E-state index contributed by atoms with van der Waals surface area (Å²) in [5.74, 6) is -0.119. The summed E-state index contributed by atoms with van der Waals surface area (Å²) in [7, 11) is 0. The molecule has 2 aromatic carbocycles. The van der Waals surface area contributed by atoms with Gasteiger partial charge in [-0.25, -0.2) is 4.98 Å². The third-order valence-electron chi connectivity index (χ3n) is 6.36. The highest BCUT2D eigenvalue weighted by atomic mass is 35.5. The standard InChI is InChI=1S/C25H26ClN5O2/c1-2-3-10-21-28-19(23(26)29-21)15-27-31-24(32)17-9-7-8-16-20(30-13-5-4-6-14-30)12-11-18(22(16)17)25(31)33/h7-9,11-12,15H,2-6,10,13-14H2,1H3,(H,28,29)/b27-15+. The van der Waals surface area contributed by atoms with Crippen molar-refractivity contribution in [3.8, 4) is 0 Å². The second-order valence-electron chi connectivity index (χ2n) is 8.56. The molecule has 33 heavy (non-hydrogen) atoms. The van der Waals surface area contributed by atoms with Crippen molar-refractivity contribution in [3.63, 3.8) is 0 Å². The number of unbranched alkanes of at least 4 members (excludes halogenated alkanes) is 1. The zero-order valence-corrected chi connectivity index (χ0v) is 19.4. The molecular weight excluding hydrogens is 438 g/mol. The minimum Gasteiger partial charge on any atom is -0.371 e. The number of nitrogens with zero attached hydrogens (tertiary/aromatic N) is 4. The summed E-state index contributed by atoms with van der Waals surface area (Å²) in [5, 5.41) is 7.10. The molecule has 170 valence electrons. The Balaban J connectivity index is 1.49. The molecule has 5 rings (SSSR count). The number of anilines is 1. The van der Waals surface area contributed by atoms with Crippen molar-refractivity contribution in [1.82, 2.24) is 15.0 Å². The van der Waals surface area contributed by atoms with Crippen LogP contribution in [0.15, 0.2) is 35.4 Å². The molecule has 3 aromatic rings. The first-order valence-corrected chi connectivity index (χ1v) is 11.9. The zero-order chi connectivity index (χ0) is 22.9. The van der Waals surface area contributed by atoms with E-state index in [0.717, 1.165) is 67.1 Å². The lowest BCUT2D eigenvalue weighted by molar-refractivity contribution is 0.0616. The first-order valence-electron chi connectivity index (χ1n) is 11.6. The molecule has 1 aromatic heterocycles. The lowest BCUT2D eigenvalue weighted by atomic mass is 9.93. The second kappa shape index (κ2) is 8.98. The van der Waals surface area contributed by atoms with Crippen molar-refractivity contribution >= 4 is 46.1 Å². The molecule has 8 heteroatoms. The Morgan fingerprint density at radius 3 is 2.61 bits per heavy atom. The maximum atomic E-state index is 13.3. The van der Waals surface area contributed by atoms with E-state index in [1.54, 1.807) is 6.07 Å². The van der Waals surface area contributed by atoms with Crippen molar-refractivity contribution < 1.29 is 9.59 Å². The van der Waals surface area contributed by atoms with Gasteiger partial charge in [0, 0.05) is 36.0 Å². The molecule has 0 radical (unpaired) electrons. The molecule has 1 N–H and O–H groups in total. The number of imide groups is 1. The number of H-pyrrole nitrogens is 1. The van der Waals surface area contributed by atoms with Gasteiger partial charge in [-0.3, -0.25) is 9.59 Å². The van der Waals surface area contributed by atoms with Crippen LogP contribution in [0.5, 0.6) is 0 Å². The molecule has 0 spiro atoms. The Kier molecular flexibility index (Phi) is 5.89. The van der Waals surface area contributed by atoms with Crippen LogP contribution >= 0.6 is 11.6 Å². The minimum absolute atomic E-state index is 0.343. The molecule has 0 bridgehead atoms. The quantitative estimate of drug-likeness (QED) is 0.403. The van der Waals surface area contributed by atoms with Crippen molar-refractivity contribution in [3.05, 3.63) is 58.1 Å². The Morgan fingerprint density at radius 1 is 1.09 bits per heavy atom. The number of aromatic amines is 1. The van der Waals surface area contributed by atoms with Crippen LogP contribution < -0.4 is 4.90 Å². The van der Waals surface area contributed by atoms with Crippen molar-refractivity contribution in [2.24, 2.45) is 5.10 Å². The molecule has 2 amide bonds. The van der Waals surface area contributed by atoms with Gasteiger partial charge in [0.15, 0.2) is 0 Å². The number of hydrogen-bond donors (Lipinski definition) is 1. The summed E-state index contributed by atoms with van der Waals surface area (Å²) in [6.07, 6.45) is 7.73. The molecule has 0 atom stereocenters. The molecule has 2 aliphatic rings. The number of carbonyl (C=O) groups is 2. The van der Waals surface area contributed by atoms with Crippen LogP contribution in [-0.4, -0.2) is 46.1 Å². The van der Waals surface area contributed by atoms with E-state index in [2.05, 4.69) is 26.9 Å². The number of halogens is 1. The number of amides is 2. The fourth-order valence-electron chi connectivity index (χ4n) is 4.66. The molecule has 0 unspecified atom stereocenters. The van der Waals surface area contributed by atoms with Gasteiger partial charge in [0.05, 0.1) is 17.3 Å². The van der Waals surface area contributed by atoms with Crippen LogP contribution in [0.4, 0.5) is 5.69 Å². The van der Waals surface area contributed by atoms with Gasteiger partial charge >= 0.3 is 0 Å². The smallest absolute Gasteiger partial charge is 0.282 e. The molecule has 7 nitrogen and oxygen atoms in total. The summed E-state index contributed by atoms with van der Waals surface area (Å²) in [6, 6.07) is 9.43. The summed E-state index contributed by atoms with van der Waals surface area (Å²) >= 11 is 6.25. The van der Waals surface area contributed by atoms with Gasteiger partial charge in [0.25, 0.3) is 11.8 Å². The van der Waals surface area contributed by atoms with Gasteiger partial charge in [-0.05, 0) is 43.9 Å². The van der Waals surface area contributed by atoms with E-state index in [-0.39, 0.29) is 0 Å². The van der Waals surface area contributed by atoms with E-state index in [1.807, 2.05) is 24.3 Å². The predicted octanol–water partition coefficient (Wildman–Crippen LogP) is 5.18. The Bertz CT molecular complexity index is 1240. The number of aryl methyl sites for hydroxylation is 1. The van der Waals surface area contributed by atoms with Gasteiger partial charge < -0.3 is 9.88 Å². The van der Waals surface area contributed by atoms with Crippen LogP contribution in [0.1, 0.15) is 71.3 Å². The normalized spacial score (nSPS) is 16.4. The highest BCUT2D eigenvalue weighted by Crippen LogP contribution is 2.37. The Morgan fingerprint density at radius 2 is 1.85 bits per heavy atom. The Hall–Kier alpha value is -3.19. The molecule has 1 fully saturated rings. The van der Waals surface area contributed by atoms with Crippen molar-refractivity contribution in [2.75, 3.05) is 18.0 Å². The summed E-state index contributed by atoms with van der Waals surface area (Å²) in [5.41, 5.74) is 2.45. The SMILES string of the molecule is CCCCc1nc(/C=N/N2C(=O)c3cccc4c(N5CCCCC5)ccc(c34)C2=O)c(Cl)[nH]1. The van der Waals surface area contributed by atoms with Gasteiger partial charge in [-0.15, -0.1) is 0 Å². The average molecular weight is 464 g/mol. The predicted molar refractivity (Wildman–Crippen MR) is 130 cm³/mol. The fourth-order valence-corrected chi connectivity index (χ4v) is 4.86. The highest BCUT2D eigenvalue weighted by molar-refractivity contribution is 6.32. The van der Waals surface area contributed by atoms with Gasteiger partial charge in [-0.2, -0.15) is 10.1 Å². The monoisotopic (exact) mass is 463 g/mol. The zero-order valence-electron chi connectivity index (χ0n) is 18.6. The number of carbonyl (C=O) groups excluding carboxylic acids is 2. The van der Waals surface area contributed by atoms with E-state index >= 15 is 0 Å². The van der Waals surface area contributed by atoms with Crippen LogP contribution in [0.3, 0.4) is 0 Å². The number of hydrazone groups is 1. The molecule has 1 saturated heterocycles. The number of piperidine rings is 1. The van der Waals surface area contributed by atoms with Gasteiger partial charge in [0.1, 0.15) is 16.7 Å². The maximum Gasteiger partial charge on any atom is 0.282 e. The first kappa shape index (κ1) is 21.6. The van der Waals surface area contributed by atoms with E-state index in [1.165, 1.54) is 12.6 Å². The summed E-state index contributed by atoms with van der Waals surface area (Å²) in [6.45, 7) is 4.08. The third kappa shape index (κ3) is 3.91. The van der Waals surface area contributed by atoms with Crippen LogP contribution in [-0.2, 0) is 6.42 Å². The lowest BCUT2D eigenvalue weighted by Crippen LogP contribution is -2.37. The number of hydrogen-bond acceptors (Lipinski definition) is 5. The van der Waals surface area contributed by atoms with E-state index in [4.69, 9.17) is 11.6 Å². The van der Waals surface area contributed by atoms with Gasteiger partial charge in [-0.1, -0.05) is 37.1 Å².